The van der Waals surface area contributed by atoms with Crippen molar-refractivity contribution in [1.82, 2.24) is 5.32 Å². The van der Waals surface area contributed by atoms with Crippen LogP contribution in [0.15, 0.2) is 0 Å². The van der Waals surface area contributed by atoms with Gasteiger partial charge in [0.15, 0.2) is 0 Å². The summed E-state index contributed by atoms with van der Waals surface area (Å²) < 4.78 is 0. The molecule has 0 aromatic rings. The van der Waals surface area contributed by atoms with E-state index in [2.05, 4.69) is 12.2 Å². The number of carbonyl (C=O) groups is 2. The molecule has 5 heteroatoms. The SMILES string of the molecule is CC1CCC(NC(=O)[C@@H](N)C(C)C)(C(=O)O)CC1. The summed E-state index contributed by atoms with van der Waals surface area (Å²) in [6.07, 6.45) is 2.62. The quantitative estimate of drug-likeness (QED) is 0.702. The van der Waals surface area contributed by atoms with Gasteiger partial charge in [0.1, 0.15) is 5.54 Å². The highest BCUT2D eigenvalue weighted by atomic mass is 16.4. The first-order chi connectivity index (χ1) is 8.28. The number of amides is 1. The maximum absolute atomic E-state index is 11.9. The molecule has 1 saturated carbocycles. The first-order valence-electron chi connectivity index (χ1n) is 6.59. The van der Waals surface area contributed by atoms with E-state index in [0.717, 1.165) is 12.8 Å². The van der Waals surface area contributed by atoms with Gasteiger partial charge in [-0.25, -0.2) is 4.79 Å². The van der Waals surface area contributed by atoms with Crippen molar-refractivity contribution in [2.24, 2.45) is 17.6 Å². The average molecular weight is 256 g/mol. The molecule has 1 aliphatic rings. The number of aliphatic carboxylic acids is 1. The number of rotatable bonds is 4. The smallest absolute Gasteiger partial charge is 0.329 e. The van der Waals surface area contributed by atoms with Crippen LogP contribution in [0.1, 0.15) is 46.5 Å². The third-order valence-corrected chi connectivity index (χ3v) is 3.92. The molecule has 1 amide bonds. The Morgan fingerprint density at radius 2 is 1.83 bits per heavy atom. The van der Waals surface area contributed by atoms with E-state index in [1.165, 1.54) is 0 Å². The first-order valence-corrected chi connectivity index (χ1v) is 6.59. The number of nitrogens with one attached hydrogen (secondary N) is 1. The molecule has 104 valence electrons. The summed E-state index contributed by atoms with van der Waals surface area (Å²) in [6, 6.07) is -0.652. The second-order valence-electron chi connectivity index (χ2n) is 5.83. The van der Waals surface area contributed by atoms with Crippen molar-refractivity contribution >= 4 is 11.9 Å². The van der Waals surface area contributed by atoms with Crippen molar-refractivity contribution in [2.45, 2.75) is 58.0 Å². The second-order valence-corrected chi connectivity index (χ2v) is 5.83. The molecule has 0 aromatic heterocycles. The molecule has 5 nitrogen and oxygen atoms in total. The van der Waals surface area contributed by atoms with Crippen LogP contribution in [-0.2, 0) is 9.59 Å². The lowest BCUT2D eigenvalue weighted by Gasteiger charge is -2.37. The summed E-state index contributed by atoms with van der Waals surface area (Å²) in [4.78, 5) is 23.4. The molecule has 0 bridgehead atoms. The topological polar surface area (TPSA) is 92.4 Å². The van der Waals surface area contributed by atoms with E-state index in [4.69, 9.17) is 5.73 Å². The van der Waals surface area contributed by atoms with E-state index in [-0.39, 0.29) is 11.8 Å². The van der Waals surface area contributed by atoms with Crippen LogP contribution in [0.25, 0.3) is 0 Å². The lowest BCUT2D eigenvalue weighted by Crippen LogP contribution is -2.60. The predicted octanol–water partition coefficient (Wildman–Crippen LogP) is 1.12. The Morgan fingerprint density at radius 3 is 2.22 bits per heavy atom. The Balaban J connectivity index is 2.75. The Morgan fingerprint density at radius 1 is 1.33 bits per heavy atom. The zero-order valence-electron chi connectivity index (χ0n) is 11.4. The van der Waals surface area contributed by atoms with Crippen LogP contribution in [0, 0.1) is 11.8 Å². The summed E-state index contributed by atoms with van der Waals surface area (Å²) in [5, 5.41) is 12.1. The molecule has 0 unspecified atom stereocenters. The van der Waals surface area contributed by atoms with Gasteiger partial charge < -0.3 is 16.2 Å². The highest BCUT2D eigenvalue weighted by Gasteiger charge is 2.43. The third-order valence-electron chi connectivity index (χ3n) is 3.92. The van der Waals surface area contributed by atoms with Crippen LogP contribution in [-0.4, -0.2) is 28.6 Å². The minimum Gasteiger partial charge on any atom is -0.480 e. The zero-order valence-corrected chi connectivity index (χ0v) is 11.4. The van der Waals surface area contributed by atoms with E-state index >= 15 is 0 Å². The van der Waals surface area contributed by atoms with Crippen LogP contribution >= 0.6 is 0 Å². The Labute approximate surface area is 108 Å². The lowest BCUT2D eigenvalue weighted by molar-refractivity contribution is -0.150. The number of carbonyl (C=O) groups excluding carboxylic acids is 1. The average Bonchev–Trinajstić information content (AvgIpc) is 2.30. The fourth-order valence-corrected chi connectivity index (χ4v) is 2.27. The summed E-state index contributed by atoms with van der Waals surface area (Å²) in [7, 11) is 0. The number of carboxylic acids is 1. The maximum atomic E-state index is 11.9. The molecule has 1 atom stereocenters. The number of nitrogens with two attached hydrogens (primary N) is 1. The largest absolute Gasteiger partial charge is 0.480 e. The van der Waals surface area contributed by atoms with Gasteiger partial charge in [-0.05, 0) is 37.5 Å². The van der Waals surface area contributed by atoms with Crippen molar-refractivity contribution in [3.05, 3.63) is 0 Å². The summed E-state index contributed by atoms with van der Waals surface area (Å²) >= 11 is 0. The van der Waals surface area contributed by atoms with E-state index in [1.54, 1.807) is 0 Å². The van der Waals surface area contributed by atoms with Gasteiger partial charge in [0, 0.05) is 0 Å². The zero-order chi connectivity index (χ0) is 13.9. The van der Waals surface area contributed by atoms with Gasteiger partial charge in [-0.1, -0.05) is 20.8 Å². The normalized spacial score (nSPS) is 29.9. The van der Waals surface area contributed by atoms with Crippen LogP contribution in [0.4, 0.5) is 0 Å². The number of hydrogen-bond donors (Lipinski definition) is 3. The molecule has 0 radical (unpaired) electrons. The van der Waals surface area contributed by atoms with Crippen molar-refractivity contribution in [3.63, 3.8) is 0 Å². The lowest BCUT2D eigenvalue weighted by atomic mass is 9.77. The Hall–Kier alpha value is -1.10. The van der Waals surface area contributed by atoms with Crippen LogP contribution < -0.4 is 11.1 Å². The van der Waals surface area contributed by atoms with Crippen molar-refractivity contribution in [2.75, 3.05) is 0 Å². The standard InChI is InChI=1S/C13H24N2O3/c1-8(2)10(14)11(16)15-13(12(17)18)6-4-9(3)5-7-13/h8-10H,4-7,14H2,1-3H3,(H,15,16)(H,17,18)/t9?,10-,13?/m0/s1. The summed E-state index contributed by atoms with van der Waals surface area (Å²) in [6.45, 7) is 5.80. The highest BCUT2D eigenvalue weighted by Crippen LogP contribution is 2.32. The summed E-state index contributed by atoms with van der Waals surface area (Å²) in [5.74, 6) is -0.785. The van der Waals surface area contributed by atoms with E-state index < -0.39 is 17.6 Å². The first kappa shape index (κ1) is 15.0. The fraction of sp³-hybridized carbons (Fsp3) is 0.846. The molecule has 1 aliphatic carbocycles. The maximum Gasteiger partial charge on any atom is 0.329 e. The minimum atomic E-state index is -1.11. The molecule has 0 aliphatic heterocycles. The van der Waals surface area contributed by atoms with Crippen molar-refractivity contribution in [1.29, 1.82) is 0 Å². The Bertz CT molecular complexity index is 320. The summed E-state index contributed by atoms with van der Waals surface area (Å²) in [5.41, 5.74) is 4.64. The third kappa shape index (κ3) is 3.22. The predicted molar refractivity (Wildman–Crippen MR) is 69.0 cm³/mol. The molecule has 0 saturated heterocycles. The molecule has 1 fully saturated rings. The van der Waals surface area contributed by atoms with E-state index in [9.17, 15) is 14.7 Å². The molecular formula is C13H24N2O3. The van der Waals surface area contributed by atoms with Gasteiger partial charge in [-0.2, -0.15) is 0 Å². The second kappa shape index (κ2) is 5.69. The highest BCUT2D eigenvalue weighted by molar-refractivity contribution is 5.89. The molecule has 1 rings (SSSR count). The van der Waals surface area contributed by atoms with Crippen molar-refractivity contribution in [3.8, 4) is 0 Å². The molecule has 18 heavy (non-hydrogen) atoms. The van der Waals surface area contributed by atoms with Gasteiger partial charge in [0.2, 0.25) is 5.91 Å². The van der Waals surface area contributed by atoms with E-state index in [0.29, 0.717) is 18.8 Å². The van der Waals surface area contributed by atoms with Gasteiger partial charge >= 0.3 is 5.97 Å². The molecule has 0 spiro atoms. The van der Waals surface area contributed by atoms with Gasteiger partial charge in [-0.15, -0.1) is 0 Å². The Kier molecular flexibility index (Phi) is 4.73. The molecule has 0 aromatic carbocycles. The monoisotopic (exact) mass is 256 g/mol. The van der Waals surface area contributed by atoms with Crippen LogP contribution in [0.3, 0.4) is 0 Å². The molecular weight excluding hydrogens is 232 g/mol. The minimum absolute atomic E-state index is 0.00152. The number of hydrogen-bond acceptors (Lipinski definition) is 3. The fourth-order valence-electron chi connectivity index (χ4n) is 2.27. The number of carboxylic acid groups (broad SMARTS) is 1. The van der Waals surface area contributed by atoms with Gasteiger partial charge in [-0.3, -0.25) is 4.79 Å². The van der Waals surface area contributed by atoms with Gasteiger partial charge in [0.25, 0.3) is 0 Å². The molecule has 0 heterocycles. The van der Waals surface area contributed by atoms with Crippen LogP contribution in [0.5, 0.6) is 0 Å². The van der Waals surface area contributed by atoms with Crippen LogP contribution in [0.2, 0.25) is 0 Å². The van der Waals surface area contributed by atoms with Crippen molar-refractivity contribution < 1.29 is 14.7 Å². The molecule has 4 N–H and O–H groups in total. The van der Waals surface area contributed by atoms with E-state index in [1.807, 2.05) is 13.8 Å². The van der Waals surface area contributed by atoms with Gasteiger partial charge in [0.05, 0.1) is 6.04 Å².